The van der Waals surface area contributed by atoms with Gasteiger partial charge >= 0.3 is 6.01 Å². The molecule has 90 valence electrons. The maximum Gasteiger partial charge on any atom is 0.322 e. The van der Waals surface area contributed by atoms with Crippen molar-refractivity contribution < 1.29 is 4.74 Å². The third-order valence-electron chi connectivity index (χ3n) is 1.84. The van der Waals surface area contributed by atoms with Crippen LogP contribution in [0.25, 0.3) is 5.95 Å². The number of halogens is 1. The number of hydrogen-bond acceptors (Lipinski definition) is 5. The minimum atomic E-state index is -0.0272. The molecule has 0 spiro atoms. The number of aryl methyl sites for hydroxylation is 1. The van der Waals surface area contributed by atoms with E-state index in [0.717, 1.165) is 5.69 Å². The van der Waals surface area contributed by atoms with E-state index in [1.165, 1.54) is 4.68 Å². The van der Waals surface area contributed by atoms with Gasteiger partial charge in [0.1, 0.15) is 0 Å². The van der Waals surface area contributed by atoms with Crippen molar-refractivity contribution in [3.8, 4) is 12.0 Å². The highest BCUT2D eigenvalue weighted by atomic mass is 35.5. The molecule has 0 aliphatic heterocycles. The molecule has 2 rings (SSSR count). The molecule has 0 fully saturated rings. The van der Waals surface area contributed by atoms with Crippen LogP contribution in [0.4, 0.5) is 0 Å². The van der Waals surface area contributed by atoms with Crippen LogP contribution in [0, 0.1) is 6.92 Å². The van der Waals surface area contributed by atoms with E-state index in [4.69, 9.17) is 16.3 Å². The van der Waals surface area contributed by atoms with Gasteiger partial charge in [-0.25, -0.2) is 4.68 Å². The van der Waals surface area contributed by atoms with Gasteiger partial charge < -0.3 is 4.74 Å². The molecule has 0 atom stereocenters. The van der Waals surface area contributed by atoms with E-state index < -0.39 is 0 Å². The van der Waals surface area contributed by atoms with Gasteiger partial charge in [0.25, 0.3) is 5.95 Å². The van der Waals surface area contributed by atoms with Gasteiger partial charge in [-0.15, -0.1) is 0 Å². The first-order valence-corrected chi connectivity index (χ1v) is 5.53. The summed E-state index contributed by atoms with van der Waals surface area (Å²) in [7, 11) is 0. The zero-order chi connectivity index (χ0) is 12.4. The monoisotopic (exact) mass is 253 g/mol. The second-order valence-electron chi connectivity index (χ2n) is 3.76. The lowest BCUT2D eigenvalue weighted by molar-refractivity contribution is 0.221. The van der Waals surface area contributed by atoms with Gasteiger partial charge in [-0.2, -0.15) is 20.1 Å². The largest absolute Gasteiger partial charge is 0.461 e. The van der Waals surface area contributed by atoms with Crippen molar-refractivity contribution in [2.45, 2.75) is 26.9 Å². The number of aromatic nitrogens is 5. The summed E-state index contributed by atoms with van der Waals surface area (Å²) >= 11 is 5.81. The van der Waals surface area contributed by atoms with E-state index >= 15 is 0 Å². The molecule has 2 aromatic heterocycles. The summed E-state index contributed by atoms with van der Waals surface area (Å²) in [6.07, 6.45) is 1.72. The Morgan fingerprint density at radius 2 is 2.06 bits per heavy atom. The molecule has 0 saturated carbocycles. The Hall–Kier alpha value is -1.69. The van der Waals surface area contributed by atoms with Gasteiger partial charge in [0.05, 0.1) is 11.8 Å². The SMILES string of the molecule is Cc1ccn(-c2nc(Cl)nc(OC(C)C)n2)n1. The summed E-state index contributed by atoms with van der Waals surface area (Å²) in [5.74, 6) is 0.341. The molecule has 0 unspecified atom stereocenters. The Balaban J connectivity index is 2.37. The average molecular weight is 254 g/mol. The molecule has 0 N–H and O–H groups in total. The van der Waals surface area contributed by atoms with Crippen molar-refractivity contribution in [1.82, 2.24) is 24.7 Å². The number of nitrogens with zero attached hydrogens (tertiary/aromatic N) is 5. The summed E-state index contributed by atoms with van der Waals surface area (Å²) in [6.45, 7) is 5.65. The highest BCUT2D eigenvalue weighted by Gasteiger charge is 2.09. The van der Waals surface area contributed by atoms with Crippen LogP contribution in [0.5, 0.6) is 6.01 Å². The van der Waals surface area contributed by atoms with Crippen LogP contribution in [0.2, 0.25) is 5.28 Å². The molecule has 2 heterocycles. The van der Waals surface area contributed by atoms with E-state index in [9.17, 15) is 0 Å². The molecular formula is C10H12ClN5O. The van der Waals surface area contributed by atoms with Crippen LogP contribution in [0.15, 0.2) is 12.3 Å². The molecule has 0 aromatic carbocycles. The van der Waals surface area contributed by atoms with E-state index in [1.807, 2.05) is 26.8 Å². The molecule has 0 aliphatic rings. The van der Waals surface area contributed by atoms with Gasteiger partial charge in [0, 0.05) is 6.20 Å². The van der Waals surface area contributed by atoms with E-state index in [-0.39, 0.29) is 17.4 Å². The van der Waals surface area contributed by atoms with Gasteiger partial charge in [-0.3, -0.25) is 0 Å². The Bertz CT molecular complexity index is 525. The second-order valence-corrected chi connectivity index (χ2v) is 4.09. The Morgan fingerprint density at radius 1 is 1.29 bits per heavy atom. The Morgan fingerprint density at radius 3 is 2.65 bits per heavy atom. The van der Waals surface area contributed by atoms with E-state index in [2.05, 4.69) is 20.1 Å². The number of hydrogen-bond donors (Lipinski definition) is 0. The van der Waals surface area contributed by atoms with Gasteiger partial charge in [0.15, 0.2) is 0 Å². The lowest BCUT2D eigenvalue weighted by Crippen LogP contribution is -2.11. The molecule has 2 aromatic rings. The number of ether oxygens (including phenoxy) is 1. The third-order valence-corrected chi connectivity index (χ3v) is 2.01. The van der Waals surface area contributed by atoms with Gasteiger partial charge in [-0.1, -0.05) is 0 Å². The molecule has 0 radical (unpaired) electrons. The zero-order valence-electron chi connectivity index (χ0n) is 9.75. The highest BCUT2D eigenvalue weighted by Crippen LogP contribution is 2.12. The normalized spacial score (nSPS) is 10.9. The summed E-state index contributed by atoms with van der Waals surface area (Å²) in [4.78, 5) is 12.0. The van der Waals surface area contributed by atoms with Crippen molar-refractivity contribution in [2.75, 3.05) is 0 Å². The first-order valence-electron chi connectivity index (χ1n) is 5.15. The minimum Gasteiger partial charge on any atom is -0.461 e. The predicted molar refractivity (Wildman–Crippen MR) is 62.5 cm³/mol. The summed E-state index contributed by atoms with van der Waals surface area (Å²) in [5.41, 5.74) is 0.868. The molecule has 0 aliphatic carbocycles. The van der Waals surface area contributed by atoms with Crippen molar-refractivity contribution in [3.63, 3.8) is 0 Å². The molecule has 6 nitrogen and oxygen atoms in total. The van der Waals surface area contributed by atoms with Crippen LogP contribution in [0.3, 0.4) is 0 Å². The maximum atomic E-state index is 5.81. The molecule has 17 heavy (non-hydrogen) atoms. The first-order chi connectivity index (χ1) is 8.04. The Labute approximate surface area is 104 Å². The molecular weight excluding hydrogens is 242 g/mol. The first kappa shape index (κ1) is 11.8. The third kappa shape index (κ3) is 2.91. The fraction of sp³-hybridized carbons (Fsp3) is 0.400. The van der Waals surface area contributed by atoms with Gasteiger partial charge in [-0.05, 0) is 38.4 Å². The van der Waals surface area contributed by atoms with Gasteiger partial charge in [0.2, 0.25) is 5.28 Å². The standard InChI is InChI=1S/C10H12ClN5O/c1-6(2)17-10-13-8(11)12-9(14-10)16-5-4-7(3)15-16/h4-6H,1-3H3. The lowest BCUT2D eigenvalue weighted by atomic mass is 10.5. The average Bonchev–Trinajstić information content (AvgIpc) is 2.62. The zero-order valence-corrected chi connectivity index (χ0v) is 10.5. The molecule has 0 saturated heterocycles. The topological polar surface area (TPSA) is 65.7 Å². The summed E-state index contributed by atoms with van der Waals surface area (Å²) in [5, 5.41) is 4.27. The second kappa shape index (κ2) is 4.67. The molecule has 0 amide bonds. The summed E-state index contributed by atoms with van der Waals surface area (Å²) in [6, 6.07) is 2.05. The molecule has 7 heteroatoms. The van der Waals surface area contributed by atoms with Crippen LogP contribution in [0.1, 0.15) is 19.5 Å². The van der Waals surface area contributed by atoms with Crippen LogP contribution < -0.4 is 4.74 Å². The smallest absolute Gasteiger partial charge is 0.322 e. The van der Waals surface area contributed by atoms with Crippen LogP contribution in [-0.2, 0) is 0 Å². The van der Waals surface area contributed by atoms with E-state index in [0.29, 0.717) is 5.95 Å². The summed E-state index contributed by atoms with van der Waals surface area (Å²) < 4.78 is 6.90. The lowest BCUT2D eigenvalue weighted by Gasteiger charge is -2.08. The minimum absolute atomic E-state index is 0.0272. The van der Waals surface area contributed by atoms with Crippen molar-refractivity contribution in [1.29, 1.82) is 0 Å². The van der Waals surface area contributed by atoms with Crippen molar-refractivity contribution >= 4 is 11.6 Å². The van der Waals surface area contributed by atoms with Crippen LogP contribution >= 0.6 is 11.6 Å². The quantitative estimate of drug-likeness (QED) is 0.835. The Kier molecular flexibility index (Phi) is 3.23. The maximum absolute atomic E-state index is 5.81. The fourth-order valence-corrected chi connectivity index (χ4v) is 1.36. The predicted octanol–water partition coefficient (Wildman–Crippen LogP) is 1.81. The molecule has 0 bridgehead atoms. The van der Waals surface area contributed by atoms with Crippen molar-refractivity contribution in [2.24, 2.45) is 0 Å². The van der Waals surface area contributed by atoms with Crippen LogP contribution in [-0.4, -0.2) is 30.8 Å². The van der Waals surface area contributed by atoms with Crippen molar-refractivity contribution in [3.05, 3.63) is 23.2 Å². The van der Waals surface area contributed by atoms with E-state index in [1.54, 1.807) is 6.20 Å². The number of rotatable bonds is 3. The fourth-order valence-electron chi connectivity index (χ4n) is 1.21. The highest BCUT2D eigenvalue weighted by molar-refractivity contribution is 6.28.